The number of nitrogens with one attached hydrogen (secondary N) is 1. The van der Waals surface area contributed by atoms with E-state index in [1.165, 1.54) is 6.20 Å². The van der Waals surface area contributed by atoms with Gasteiger partial charge in [0.1, 0.15) is 0 Å². The van der Waals surface area contributed by atoms with E-state index in [9.17, 15) is 4.79 Å². The summed E-state index contributed by atoms with van der Waals surface area (Å²) >= 11 is 0. The van der Waals surface area contributed by atoms with Crippen molar-refractivity contribution in [3.05, 3.63) is 24.0 Å². The monoisotopic (exact) mass is 203 g/mol. The quantitative estimate of drug-likeness (QED) is 0.548. The number of terminal acetylenes is 1. The zero-order valence-corrected chi connectivity index (χ0v) is 8.36. The Hall–Kier alpha value is -2.02. The van der Waals surface area contributed by atoms with Crippen molar-refractivity contribution in [3.8, 4) is 12.3 Å². The van der Waals surface area contributed by atoms with E-state index in [1.54, 1.807) is 12.1 Å². The second-order valence-electron chi connectivity index (χ2n) is 3.06. The molecule has 4 nitrogen and oxygen atoms in total. The SMILES string of the molecule is C#CCCNC(=O)Cc1ccc(N)cn1. The molecule has 0 atom stereocenters. The predicted molar refractivity (Wildman–Crippen MR) is 58.8 cm³/mol. The maximum absolute atomic E-state index is 11.3. The van der Waals surface area contributed by atoms with E-state index in [0.29, 0.717) is 24.3 Å². The van der Waals surface area contributed by atoms with Crippen LogP contribution < -0.4 is 11.1 Å². The van der Waals surface area contributed by atoms with Gasteiger partial charge in [-0.1, -0.05) is 0 Å². The molecule has 1 amide bonds. The van der Waals surface area contributed by atoms with Crippen LogP contribution in [0.15, 0.2) is 18.3 Å². The third kappa shape index (κ3) is 4.14. The third-order valence-corrected chi connectivity index (χ3v) is 1.78. The highest BCUT2D eigenvalue weighted by atomic mass is 16.1. The fraction of sp³-hybridized carbons (Fsp3) is 0.273. The molecule has 0 aliphatic rings. The molecule has 15 heavy (non-hydrogen) atoms. The summed E-state index contributed by atoms with van der Waals surface area (Å²) in [6.07, 6.45) is 7.39. The molecule has 0 aromatic carbocycles. The summed E-state index contributed by atoms with van der Waals surface area (Å²) in [7, 11) is 0. The molecule has 0 aliphatic carbocycles. The molecule has 0 aliphatic heterocycles. The molecule has 1 rings (SSSR count). The van der Waals surface area contributed by atoms with Crippen molar-refractivity contribution in [1.29, 1.82) is 0 Å². The molecule has 0 radical (unpaired) electrons. The van der Waals surface area contributed by atoms with Gasteiger partial charge in [0, 0.05) is 18.7 Å². The summed E-state index contributed by atoms with van der Waals surface area (Å²) in [5.74, 6) is 2.37. The Balaban J connectivity index is 2.38. The van der Waals surface area contributed by atoms with Crippen LogP contribution in [0.5, 0.6) is 0 Å². The standard InChI is InChI=1S/C11H13N3O/c1-2-3-6-13-11(15)7-10-5-4-9(12)8-14-10/h1,4-5,8H,3,6-7,12H2,(H,13,15). The average Bonchev–Trinajstić information content (AvgIpc) is 2.22. The lowest BCUT2D eigenvalue weighted by Gasteiger charge is -2.02. The fourth-order valence-corrected chi connectivity index (χ4v) is 1.04. The number of amides is 1. The second-order valence-corrected chi connectivity index (χ2v) is 3.06. The highest BCUT2D eigenvalue weighted by molar-refractivity contribution is 5.78. The maximum Gasteiger partial charge on any atom is 0.226 e. The van der Waals surface area contributed by atoms with Crippen LogP contribution in [0.1, 0.15) is 12.1 Å². The first-order valence-electron chi connectivity index (χ1n) is 4.63. The molecule has 1 heterocycles. The Labute approximate surface area is 88.9 Å². The molecule has 1 aromatic heterocycles. The minimum Gasteiger partial charge on any atom is -0.397 e. The highest BCUT2D eigenvalue weighted by Gasteiger charge is 2.02. The number of aromatic nitrogens is 1. The van der Waals surface area contributed by atoms with Crippen LogP contribution in [0.25, 0.3) is 0 Å². The van der Waals surface area contributed by atoms with E-state index < -0.39 is 0 Å². The van der Waals surface area contributed by atoms with Crippen molar-refractivity contribution in [2.75, 3.05) is 12.3 Å². The minimum atomic E-state index is -0.0810. The van der Waals surface area contributed by atoms with Crippen molar-refractivity contribution in [3.63, 3.8) is 0 Å². The van der Waals surface area contributed by atoms with E-state index in [1.807, 2.05) is 0 Å². The van der Waals surface area contributed by atoms with Gasteiger partial charge in [-0.15, -0.1) is 12.3 Å². The Morgan fingerprint density at radius 3 is 3.00 bits per heavy atom. The lowest BCUT2D eigenvalue weighted by atomic mass is 10.2. The molecule has 78 valence electrons. The number of anilines is 1. The van der Waals surface area contributed by atoms with Crippen molar-refractivity contribution in [2.45, 2.75) is 12.8 Å². The average molecular weight is 203 g/mol. The van der Waals surface area contributed by atoms with Crippen LogP contribution >= 0.6 is 0 Å². The maximum atomic E-state index is 11.3. The van der Waals surface area contributed by atoms with Gasteiger partial charge in [-0.2, -0.15) is 0 Å². The van der Waals surface area contributed by atoms with Gasteiger partial charge in [0.25, 0.3) is 0 Å². The molecule has 3 N–H and O–H groups in total. The van der Waals surface area contributed by atoms with Crippen LogP contribution in [0.2, 0.25) is 0 Å². The van der Waals surface area contributed by atoms with E-state index in [2.05, 4.69) is 16.2 Å². The fourth-order valence-electron chi connectivity index (χ4n) is 1.04. The lowest BCUT2D eigenvalue weighted by molar-refractivity contribution is -0.120. The Morgan fingerprint density at radius 2 is 2.40 bits per heavy atom. The summed E-state index contributed by atoms with van der Waals surface area (Å²) in [6, 6.07) is 3.45. The topological polar surface area (TPSA) is 68.0 Å². The molecule has 0 saturated carbocycles. The van der Waals surface area contributed by atoms with Crippen LogP contribution in [-0.4, -0.2) is 17.4 Å². The first-order chi connectivity index (χ1) is 7.22. The first-order valence-corrected chi connectivity index (χ1v) is 4.63. The predicted octanol–water partition coefficient (Wildman–Crippen LogP) is 0.346. The Morgan fingerprint density at radius 1 is 1.60 bits per heavy atom. The number of nitrogen functional groups attached to an aromatic ring is 1. The number of hydrogen-bond acceptors (Lipinski definition) is 3. The normalized spacial score (nSPS) is 9.27. The number of nitrogens with two attached hydrogens (primary N) is 1. The largest absolute Gasteiger partial charge is 0.397 e. The molecule has 1 aromatic rings. The van der Waals surface area contributed by atoms with Gasteiger partial charge in [0.2, 0.25) is 5.91 Å². The highest BCUT2D eigenvalue weighted by Crippen LogP contribution is 2.01. The van der Waals surface area contributed by atoms with Gasteiger partial charge >= 0.3 is 0 Å². The van der Waals surface area contributed by atoms with Crippen molar-refractivity contribution in [2.24, 2.45) is 0 Å². The van der Waals surface area contributed by atoms with Gasteiger partial charge < -0.3 is 11.1 Å². The zero-order chi connectivity index (χ0) is 11.1. The van der Waals surface area contributed by atoms with Crippen molar-refractivity contribution >= 4 is 11.6 Å². The number of rotatable bonds is 4. The van der Waals surface area contributed by atoms with Crippen LogP contribution in [-0.2, 0) is 11.2 Å². The summed E-state index contributed by atoms with van der Waals surface area (Å²) < 4.78 is 0. The molecule has 4 heteroatoms. The molecule has 0 unspecified atom stereocenters. The van der Waals surface area contributed by atoms with Crippen molar-refractivity contribution in [1.82, 2.24) is 10.3 Å². The number of carbonyl (C=O) groups excluding carboxylic acids is 1. The molecular formula is C11H13N3O. The minimum absolute atomic E-state index is 0.0810. The third-order valence-electron chi connectivity index (χ3n) is 1.78. The molecule has 0 spiro atoms. The number of nitrogens with zero attached hydrogens (tertiary/aromatic N) is 1. The molecule has 0 fully saturated rings. The van der Waals surface area contributed by atoms with Crippen LogP contribution in [0, 0.1) is 12.3 Å². The second kappa shape index (κ2) is 5.66. The van der Waals surface area contributed by atoms with E-state index in [4.69, 9.17) is 12.2 Å². The number of carbonyl (C=O) groups is 1. The molecule has 0 bridgehead atoms. The number of pyridine rings is 1. The summed E-state index contributed by atoms with van der Waals surface area (Å²) in [4.78, 5) is 15.3. The zero-order valence-electron chi connectivity index (χ0n) is 8.36. The van der Waals surface area contributed by atoms with Crippen molar-refractivity contribution < 1.29 is 4.79 Å². The summed E-state index contributed by atoms with van der Waals surface area (Å²) in [6.45, 7) is 0.504. The van der Waals surface area contributed by atoms with Gasteiger partial charge in [-0.05, 0) is 12.1 Å². The van der Waals surface area contributed by atoms with E-state index in [0.717, 1.165) is 0 Å². The smallest absolute Gasteiger partial charge is 0.226 e. The Kier molecular flexibility index (Phi) is 4.17. The van der Waals surface area contributed by atoms with Gasteiger partial charge in [0.05, 0.1) is 18.3 Å². The van der Waals surface area contributed by atoms with Crippen LogP contribution in [0.3, 0.4) is 0 Å². The summed E-state index contributed by atoms with van der Waals surface area (Å²) in [5, 5.41) is 2.69. The summed E-state index contributed by atoms with van der Waals surface area (Å²) in [5.41, 5.74) is 6.76. The van der Waals surface area contributed by atoms with E-state index in [-0.39, 0.29) is 12.3 Å². The van der Waals surface area contributed by atoms with Gasteiger partial charge in [-0.3, -0.25) is 9.78 Å². The van der Waals surface area contributed by atoms with Gasteiger partial charge in [0.15, 0.2) is 0 Å². The lowest BCUT2D eigenvalue weighted by Crippen LogP contribution is -2.26. The van der Waals surface area contributed by atoms with Gasteiger partial charge in [-0.25, -0.2) is 0 Å². The number of hydrogen-bond donors (Lipinski definition) is 2. The molecule has 0 saturated heterocycles. The Bertz CT molecular complexity index is 364. The first kappa shape index (κ1) is 11.1. The van der Waals surface area contributed by atoms with Crippen LogP contribution in [0.4, 0.5) is 5.69 Å². The van der Waals surface area contributed by atoms with E-state index >= 15 is 0 Å². The molecular weight excluding hydrogens is 190 g/mol.